The van der Waals surface area contributed by atoms with Crippen LogP contribution in [0.5, 0.6) is 11.5 Å². The molecule has 2 heterocycles. The quantitative estimate of drug-likeness (QED) is 0.626. The van der Waals surface area contributed by atoms with E-state index >= 15 is 0 Å². The van der Waals surface area contributed by atoms with Crippen molar-refractivity contribution in [2.45, 2.75) is 45.3 Å². The molecule has 1 aromatic rings. The lowest BCUT2D eigenvalue weighted by atomic mass is 10.0. The maximum Gasteiger partial charge on any atom is 0.262 e. The van der Waals surface area contributed by atoms with Gasteiger partial charge in [-0.15, -0.1) is 0 Å². The molecule has 1 fully saturated rings. The van der Waals surface area contributed by atoms with E-state index in [9.17, 15) is 10.1 Å². The number of fused-ring (bicyclic) bond motifs is 1. The van der Waals surface area contributed by atoms with Crippen LogP contribution in [0, 0.1) is 11.3 Å². The van der Waals surface area contributed by atoms with Crippen molar-refractivity contribution in [1.29, 1.82) is 5.26 Å². The molecule has 2 aliphatic heterocycles. The summed E-state index contributed by atoms with van der Waals surface area (Å²) in [6.07, 6.45) is 4.47. The van der Waals surface area contributed by atoms with Gasteiger partial charge in [-0.2, -0.15) is 5.26 Å². The van der Waals surface area contributed by atoms with Gasteiger partial charge >= 0.3 is 0 Å². The second-order valence-corrected chi connectivity index (χ2v) is 6.58. The number of hydrogen-bond donors (Lipinski definition) is 1. The van der Waals surface area contributed by atoms with Gasteiger partial charge in [-0.1, -0.05) is 0 Å². The van der Waals surface area contributed by atoms with Crippen LogP contribution in [-0.2, 0) is 16.0 Å². The molecule has 1 aromatic carbocycles. The summed E-state index contributed by atoms with van der Waals surface area (Å²) in [7, 11) is 0. The van der Waals surface area contributed by atoms with Crippen LogP contribution >= 0.6 is 0 Å². The molecular formula is C20H24N2O4. The molecule has 26 heavy (non-hydrogen) atoms. The van der Waals surface area contributed by atoms with Gasteiger partial charge < -0.3 is 19.5 Å². The van der Waals surface area contributed by atoms with Gasteiger partial charge in [-0.25, -0.2) is 0 Å². The smallest absolute Gasteiger partial charge is 0.262 e. The first-order chi connectivity index (χ1) is 12.6. The van der Waals surface area contributed by atoms with Crippen molar-refractivity contribution >= 4 is 12.0 Å². The Morgan fingerprint density at radius 2 is 2.35 bits per heavy atom. The van der Waals surface area contributed by atoms with Crippen molar-refractivity contribution in [3.05, 3.63) is 28.8 Å². The monoisotopic (exact) mass is 356 g/mol. The lowest BCUT2D eigenvalue weighted by Gasteiger charge is -2.12. The molecule has 0 aromatic heterocycles. The minimum atomic E-state index is -0.403. The Hall–Kier alpha value is -2.52. The van der Waals surface area contributed by atoms with E-state index in [0.717, 1.165) is 37.2 Å². The average molecular weight is 356 g/mol. The molecule has 6 nitrogen and oxygen atoms in total. The van der Waals surface area contributed by atoms with Gasteiger partial charge in [0.2, 0.25) is 0 Å². The minimum Gasteiger partial charge on any atom is -0.493 e. The molecule has 138 valence electrons. The highest BCUT2D eigenvalue weighted by Gasteiger charge is 2.22. The van der Waals surface area contributed by atoms with Crippen LogP contribution in [0.3, 0.4) is 0 Å². The maximum atomic E-state index is 12.4. The number of benzene rings is 1. The summed E-state index contributed by atoms with van der Waals surface area (Å²) in [4.78, 5) is 12.4. The minimum absolute atomic E-state index is 0.0350. The van der Waals surface area contributed by atoms with Gasteiger partial charge in [0.05, 0.1) is 12.7 Å². The summed E-state index contributed by atoms with van der Waals surface area (Å²) in [6.45, 7) is 5.56. The molecule has 2 atom stereocenters. The molecule has 3 rings (SSSR count). The normalized spacial score (nSPS) is 21.7. The van der Waals surface area contributed by atoms with Gasteiger partial charge in [0.25, 0.3) is 5.91 Å². The lowest BCUT2D eigenvalue weighted by molar-refractivity contribution is -0.117. The molecule has 2 aliphatic rings. The molecule has 1 amide bonds. The van der Waals surface area contributed by atoms with Crippen LogP contribution in [0.4, 0.5) is 0 Å². The van der Waals surface area contributed by atoms with Gasteiger partial charge in [0, 0.05) is 30.7 Å². The second kappa shape index (κ2) is 8.24. The van der Waals surface area contributed by atoms with Crippen molar-refractivity contribution in [2.24, 2.45) is 0 Å². The lowest BCUT2D eigenvalue weighted by Crippen LogP contribution is -2.32. The SMILES string of the molecule is CCOc1cc2c(cc1/C=C(\C#N)C(=O)NCC1CCCO1)OC(C)C2. The summed E-state index contributed by atoms with van der Waals surface area (Å²) in [5.41, 5.74) is 1.79. The van der Waals surface area contributed by atoms with Crippen LogP contribution in [-0.4, -0.2) is 37.9 Å². The van der Waals surface area contributed by atoms with Gasteiger partial charge in [-0.05, 0) is 44.9 Å². The van der Waals surface area contributed by atoms with E-state index in [2.05, 4.69) is 5.32 Å². The Balaban J connectivity index is 1.80. The van der Waals surface area contributed by atoms with Crippen molar-refractivity contribution in [2.75, 3.05) is 19.8 Å². The van der Waals surface area contributed by atoms with E-state index in [1.807, 2.05) is 32.0 Å². The van der Waals surface area contributed by atoms with E-state index < -0.39 is 5.91 Å². The maximum absolute atomic E-state index is 12.4. The Morgan fingerprint density at radius 3 is 3.04 bits per heavy atom. The fourth-order valence-electron chi connectivity index (χ4n) is 3.26. The molecule has 0 saturated carbocycles. The number of rotatable bonds is 6. The Bertz CT molecular complexity index is 745. The topological polar surface area (TPSA) is 80.6 Å². The van der Waals surface area contributed by atoms with E-state index in [0.29, 0.717) is 24.5 Å². The third kappa shape index (κ3) is 4.17. The van der Waals surface area contributed by atoms with Crippen LogP contribution in [0.1, 0.15) is 37.8 Å². The Morgan fingerprint density at radius 1 is 1.50 bits per heavy atom. The highest BCUT2D eigenvalue weighted by atomic mass is 16.5. The van der Waals surface area contributed by atoms with Crippen LogP contribution < -0.4 is 14.8 Å². The first-order valence-corrected chi connectivity index (χ1v) is 9.08. The fourth-order valence-corrected chi connectivity index (χ4v) is 3.26. The number of ether oxygens (including phenoxy) is 3. The van der Waals surface area contributed by atoms with Gasteiger partial charge in [0.1, 0.15) is 29.2 Å². The number of amides is 1. The van der Waals surface area contributed by atoms with Crippen LogP contribution in [0.15, 0.2) is 17.7 Å². The summed E-state index contributed by atoms with van der Waals surface area (Å²) < 4.78 is 17.0. The van der Waals surface area contributed by atoms with Crippen LogP contribution in [0.2, 0.25) is 0 Å². The van der Waals surface area contributed by atoms with E-state index in [1.165, 1.54) is 0 Å². The van der Waals surface area contributed by atoms with E-state index in [1.54, 1.807) is 6.08 Å². The predicted octanol–water partition coefficient (Wildman–Crippen LogP) is 2.61. The molecule has 1 N–H and O–H groups in total. The largest absolute Gasteiger partial charge is 0.493 e. The highest BCUT2D eigenvalue weighted by molar-refractivity contribution is 6.02. The number of nitrogens with zero attached hydrogens (tertiary/aromatic N) is 1. The first kappa shape index (κ1) is 18.3. The van der Waals surface area contributed by atoms with E-state index in [-0.39, 0.29) is 17.8 Å². The highest BCUT2D eigenvalue weighted by Crippen LogP contribution is 2.36. The third-order valence-corrected chi connectivity index (χ3v) is 4.51. The van der Waals surface area contributed by atoms with Crippen LogP contribution in [0.25, 0.3) is 6.08 Å². The first-order valence-electron chi connectivity index (χ1n) is 9.08. The van der Waals surface area contributed by atoms with Crippen molar-refractivity contribution in [3.63, 3.8) is 0 Å². The molecule has 0 spiro atoms. The second-order valence-electron chi connectivity index (χ2n) is 6.58. The molecule has 0 aliphatic carbocycles. The summed E-state index contributed by atoms with van der Waals surface area (Å²) >= 11 is 0. The summed E-state index contributed by atoms with van der Waals surface area (Å²) in [5.74, 6) is 1.04. The van der Waals surface area contributed by atoms with Crippen molar-refractivity contribution in [3.8, 4) is 17.6 Å². The molecule has 6 heteroatoms. The summed E-state index contributed by atoms with van der Waals surface area (Å²) in [5, 5.41) is 12.2. The van der Waals surface area contributed by atoms with Crippen molar-refractivity contribution < 1.29 is 19.0 Å². The standard InChI is InChI=1S/C20H24N2O4/c1-3-24-18-9-14-7-13(2)26-19(14)10-15(18)8-16(11-21)20(23)22-12-17-5-4-6-25-17/h8-10,13,17H,3-7,12H2,1-2H3,(H,22,23)/b16-8+. The zero-order chi connectivity index (χ0) is 18.5. The molecule has 0 radical (unpaired) electrons. The third-order valence-electron chi connectivity index (χ3n) is 4.51. The van der Waals surface area contributed by atoms with Gasteiger partial charge in [0.15, 0.2) is 0 Å². The number of nitriles is 1. The number of nitrogens with one attached hydrogen (secondary N) is 1. The average Bonchev–Trinajstić information content (AvgIpc) is 3.26. The zero-order valence-electron chi connectivity index (χ0n) is 15.2. The predicted molar refractivity (Wildman–Crippen MR) is 97.0 cm³/mol. The van der Waals surface area contributed by atoms with Crippen molar-refractivity contribution in [1.82, 2.24) is 5.32 Å². The molecule has 2 unspecified atom stereocenters. The molecule has 1 saturated heterocycles. The molecule has 0 bridgehead atoms. The van der Waals surface area contributed by atoms with E-state index in [4.69, 9.17) is 14.2 Å². The zero-order valence-corrected chi connectivity index (χ0v) is 15.2. The van der Waals surface area contributed by atoms with Gasteiger partial charge in [-0.3, -0.25) is 4.79 Å². The molecular weight excluding hydrogens is 332 g/mol. The Labute approximate surface area is 153 Å². The Kier molecular flexibility index (Phi) is 5.79. The number of carbonyl (C=O) groups is 1. The fraction of sp³-hybridized carbons (Fsp3) is 0.500. The summed E-state index contributed by atoms with van der Waals surface area (Å²) in [6, 6.07) is 5.76. The number of hydrogen-bond acceptors (Lipinski definition) is 5. The number of carbonyl (C=O) groups excluding carboxylic acids is 1.